The van der Waals surface area contributed by atoms with Crippen LogP contribution in [0.4, 0.5) is 12.6 Å². The lowest BCUT2D eigenvalue weighted by atomic mass is 10.2. The van der Waals surface area contributed by atoms with Gasteiger partial charge in [0.1, 0.15) is 0 Å². The highest BCUT2D eigenvalue weighted by Gasteiger charge is 2.42. The van der Waals surface area contributed by atoms with Crippen molar-refractivity contribution in [3.8, 4) is 0 Å². The van der Waals surface area contributed by atoms with Crippen LogP contribution in [0.3, 0.4) is 0 Å². The van der Waals surface area contributed by atoms with Crippen molar-refractivity contribution < 1.29 is 12.6 Å². The quantitative estimate of drug-likeness (QED) is 0.618. The maximum atomic E-state index is 12.0. The summed E-state index contributed by atoms with van der Waals surface area (Å²) in [6, 6.07) is 6.46. The molecular formula is C8H9F3P+. The molecule has 0 aromatic heterocycles. The number of halogens is 3. The normalized spacial score (nSPS) is 11.7. The van der Waals surface area contributed by atoms with Crippen LogP contribution < -0.4 is 0 Å². The Morgan fingerprint density at radius 2 is 1.58 bits per heavy atom. The van der Waals surface area contributed by atoms with Crippen LogP contribution in [0.5, 0.6) is 0 Å². The molecule has 0 fully saturated rings. The predicted octanol–water partition coefficient (Wildman–Crippen LogP) is 4.17. The van der Waals surface area contributed by atoms with Gasteiger partial charge in [-0.1, -0.05) is 29.8 Å². The molecule has 0 nitrogen and oxygen atoms in total. The van der Waals surface area contributed by atoms with Gasteiger partial charge in [-0.2, -0.15) is 0 Å². The monoisotopic (exact) mass is 193 g/mol. The van der Waals surface area contributed by atoms with Crippen LogP contribution in [0.2, 0.25) is 0 Å². The molecule has 4 heteroatoms. The Morgan fingerprint density at radius 3 is 2.00 bits per heavy atom. The molecule has 0 saturated carbocycles. The van der Waals surface area contributed by atoms with Crippen LogP contribution in [-0.2, 0) is 6.16 Å². The Morgan fingerprint density at radius 1 is 1.08 bits per heavy atom. The summed E-state index contributed by atoms with van der Waals surface area (Å²) in [5.41, 5.74) is 1.35. The zero-order chi connectivity index (χ0) is 9.19. The van der Waals surface area contributed by atoms with Crippen LogP contribution in [0.25, 0.3) is 0 Å². The van der Waals surface area contributed by atoms with Crippen LogP contribution >= 0.6 is 8.19 Å². The Balaban J connectivity index is 2.71. The van der Waals surface area contributed by atoms with Crippen LogP contribution in [-0.4, -0.2) is 0 Å². The standard InChI is InChI=1S/C8H9F3P/c1-7-2-4-8(5-3-7)6-12(9,10)11/h2-5H,6H2,1H3/q+1. The van der Waals surface area contributed by atoms with Crippen LogP contribution in [0, 0.1) is 6.92 Å². The molecule has 0 spiro atoms. The number of aryl methyl sites for hydroxylation is 1. The van der Waals surface area contributed by atoms with Crippen molar-refractivity contribution >= 4 is 8.19 Å². The molecule has 0 aliphatic heterocycles. The first-order valence-corrected chi connectivity index (χ1v) is 5.14. The molecule has 1 aromatic carbocycles. The molecule has 12 heavy (non-hydrogen) atoms. The van der Waals surface area contributed by atoms with Gasteiger partial charge in [0.15, 0.2) is 6.16 Å². The lowest BCUT2D eigenvalue weighted by molar-refractivity contribution is 0.581. The predicted molar refractivity (Wildman–Crippen MR) is 45.1 cm³/mol. The second-order valence-corrected chi connectivity index (χ2v) is 4.11. The third kappa shape index (κ3) is 3.22. The number of hydrogen-bond donors (Lipinski definition) is 0. The van der Waals surface area contributed by atoms with Gasteiger partial charge in [-0.05, 0) is 12.5 Å². The second kappa shape index (κ2) is 3.44. The summed E-state index contributed by atoms with van der Waals surface area (Å²) >= 11 is 0. The van der Waals surface area contributed by atoms with E-state index in [0.29, 0.717) is 5.56 Å². The smallest absolute Gasteiger partial charge is 0.0589 e. The number of rotatable bonds is 2. The van der Waals surface area contributed by atoms with Crippen molar-refractivity contribution in [1.82, 2.24) is 0 Å². The van der Waals surface area contributed by atoms with Crippen LogP contribution in [0.15, 0.2) is 24.3 Å². The first kappa shape index (κ1) is 9.53. The molecule has 0 heterocycles. The summed E-state index contributed by atoms with van der Waals surface area (Å²) < 4.78 is 35.9. The third-order valence-electron chi connectivity index (χ3n) is 1.48. The summed E-state index contributed by atoms with van der Waals surface area (Å²) in [4.78, 5) is 0. The van der Waals surface area contributed by atoms with Gasteiger partial charge in [-0.3, -0.25) is 0 Å². The van der Waals surface area contributed by atoms with Gasteiger partial charge < -0.3 is 0 Å². The highest BCUT2D eigenvalue weighted by molar-refractivity contribution is 7.59. The molecule has 0 radical (unpaired) electrons. The van der Waals surface area contributed by atoms with E-state index >= 15 is 0 Å². The molecule has 0 aliphatic rings. The summed E-state index contributed by atoms with van der Waals surface area (Å²) in [6.07, 6.45) is -0.729. The fourth-order valence-electron chi connectivity index (χ4n) is 0.901. The average Bonchev–Trinajstić information content (AvgIpc) is 1.91. The van der Waals surface area contributed by atoms with E-state index in [1.807, 2.05) is 6.92 Å². The van der Waals surface area contributed by atoms with Gasteiger partial charge in [0.05, 0.1) is 0 Å². The molecule has 0 saturated heterocycles. The van der Waals surface area contributed by atoms with E-state index in [1.54, 1.807) is 12.1 Å². The van der Waals surface area contributed by atoms with E-state index < -0.39 is 14.4 Å². The Kier molecular flexibility index (Phi) is 2.73. The van der Waals surface area contributed by atoms with E-state index in [4.69, 9.17) is 0 Å². The molecule has 0 amide bonds. The average molecular weight is 193 g/mol. The first-order chi connectivity index (χ1) is 5.47. The summed E-state index contributed by atoms with van der Waals surface area (Å²) in [7, 11) is -5.15. The second-order valence-electron chi connectivity index (χ2n) is 2.69. The lowest BCUT2D eigenvalue weighted by Crippen LogP contribution is -1.82. The molecule has 0 bridgehead atoms. The molecule has 1 rings (SSSR count). The molecule has 0 N–H and O–H groups in total. The maximum absolute atomic E-state index is 12.0. The van der Waals surface area contributed by atoms with Gasteiger partial charge in [0.25, 0.3) is 0 Å². The zero-order valence-corrected chi connectivity index (χ0v) is 7.49. The minimum atomic E-state index is -5.15. The molecule has 0 unspecified atom stereocenters. The fourth-order valence-corrected chi connectivity index (χ4v) is 1.53. The van der Waals surface area contributed by atoms with E-state index in [0.717, 1.165) is 5.56 Å². The van der Waals surface area contributed by atoms with Gasteiger partial charge >= 0.3 is 8.19 Å². The van der Waals surface area contributed by atoms with Crippen molar-refractivity contribution in [1.29, 1.82) is 0 Å². The van der Waals surface area contributed by atoms with E-state index in [-0.39, 0.29) is 0 Å². The third-order valence-corrected chi connectivity index (χ3v) is 2.21. The highest BCUT2D eigenvalue weighted by atomic mass is 31.3. The molecule has 0 aliphatic carbocycles. The van der Waals surface area contributed by atoms with Gasteiger partial charge in [0.2, 0.25) is 0 Å². The largest absolute Gasteiger partial charge is 0.573 e. The first-order valence-electron chi connectivity index (χ1n) is 3.50. The Hall–Kier alpha value is -0.560. The molecule has 0 atom stereocenters. The van der Waals surface area contributed by atoms with E-state index in [1.165, 1.54) is 12.1 Å². The zero-order valence-electron chi connectivity index (χ0n) is 6.60. The summed E-state index contributed by atoms with van der Waals surface area (Å²) in [6.45, 7) is 1.85. The summed E-state index contributed by atoms with van der Waals surface area (Å²) in [5, 5.41) is 0. The molecule has 66 valence electrons. The summed E-state index contributed by atoms with van der Waals surface area (Å²) in [5.74, 6) is 0. The van der Waals surface area contributed by atoms with Crippen molar-refractivity contribution in [3.05, 3.63) is 35.4 Å². The van der Waals surface area contributed by atoms with Crippen molar-refractivity contribution in [2.24, 2.45) is 0 Å². The number of hydrogen-bond acceptors (Lipinski definition) is 0. The lowest BCUT2D eigenvalue weighted by Gasteiger charge is -1.96. The minimum Gasteiger partial charge on any atom is -0.0589 e. The number of benzene rings is 1. The van der Waals surface area contributed by atoms with E-state index in [9.17, 15) is 12.6 Å². The highest BCUT2D eigenvalue weighted by Crippen LogP contribution is 2.66. The molecule has 1 aromatic rings. The SMILES string of the molecule is Cc1ccc(C[P+](F)(F)F)cc1. The van der Waals surface area contributed by atoms with Crippen LogP contribution in [0.1, 0.15) is 11.1 Å². The van der Waals surface area contributed by atoms with Gasteiger partial charge in [-0.15, -0.1) is 0 Å². The topological polar surface area (TPSA) is 0 Å². The fraction of sp³-hybridized carbons (Fsp3) is 0.250. The van der Waals surface area contributed by atoms with Crippen molar-refractivity contribution in [3.63, 3.8) is 0 Å². The van der Waals surface area contributed by atoms with E-state index in [2.05, 4.69) is 0 Å². The minimum absolute atomic E-state index is 0.362. The Bertz CT molecular complexity index is 250. The van der Waals surface area contributed by atoms with Gasteiger partial charge in [0, 0.05) is 12.6 Å². The van der Waals surface area contributed by atoms with Gasteiger partial charge in [-0.25, -0.2) is 0 Å². The van der Waals surface area contributed by atoms with Crippen molar-refractivity contribution in [2.75, 3.05) is 0 Å². The van der Waals surface area contributed by atoms with Crippen molar-refractivity contribution in [2.45, 2.75) is 13.1 Å². The molecular weight excluding hydrogens is 184 g/mol. The Labute approximate surface area is 70.1 Å². The maximum Gasteiger partial charge on any atom is 0.573 e.